The number of carbonyl (C=O) groups excluding carboxylic acids is 1. The van der Waals surface area contributed by atoms with Crippen molar-refractivity contribution in [1.82, 2.24) is 0 Å². The van der Waals surface area contributed by atoms with E-state index in [-0.39, 0.29) is 29.1 Å². The van der Waals surface area contributed by atoms with E-state index >= 15 is 0 Å². The van der Waals surface area contributed by atoms with Crippen LogP contribution in [-0.2, 0) is 4.79 Å². The normalized spacial score (nSPS) is 11.4. The van der Waals surface area contributed by atoms with Crippen LogP contribution in [0.1, 0.15) is 12.8 Å². The Bertz CT molecular complexity index is 740. The van der Waals surface area contributed by atoms with Crippen LogP contribution >= 0.6 is 27.5 Å². The maximum atomic E-state index is 12.1. The fourth-order valence-electron chi connectivity index (χ4n) is 2.10. The second kappa shape index (κ2) is 8.29. The van der Waals surface area contributed by atoms with Crippen molar-refractivity contribution in [2.45, 2.75) is 32.5 Å². The number of nitrogens with one attached hydrogen (secondary N) is 1. The molecule has 25 heavy (non-hydrogen) atoms. The van der Waals surface area contributed by atoms with Gasteiger partial charge in [0.25, 0.3) is 0 Å². The zero-order valence-electron chi connectivity index (χ0n) is 14.4. The van der Waals surface area contributed by atoms with Crippen molar-refractivity contribution in [3.05, 3.63) is 29.3 Å². The van der Waals surface area contributed by atoms with E-state index in [1.807, 2.05) is 19.6 Å². The molecule has 0 aliphatic heterocycles. The number of hydrogen-bond donors (Lipinski definition) is 2. The molecule has 1 heterocycles. The van der Waals surface area contributed by atoms with Gasteiger partial charge in [-0.2, -0.15) is 0 Å². The second-order valence-electron chi connectivity index (χ2n) is 6.50. The van der Waals surface area contributed by atoms with Crippen molar-refractivity contribution in [3.8, 4) is 22.8 Å². The zero-order chi connectivity index (χ0) is 18.6. The molecule has 5 nitrogen and oxygen atoms in total. The summed E-state index contributed by atoms with van der Waals surface area (Å²) in [6.45, 7) is 5.95. The third-order valence-electron chi connectivity index (χ3n) is 3.15. The molecule has 8 heteroatoms. The molecule has 1 aromatic heterocycles. The highest BCUT2D eigenvalue weighted by molar-refractivity contribution is 9.09. The van der Waals surface area contributed by atoms with Gasteiger partial charge in [0.15, 0.2) is 5.76 Å². The summed E-state index contributed by atoms with van der Waals surface area (Å²) in [5.41, 5.74) is 0.642. The summed E-state index contributed by atoms with van der Waals surface area (Å²) in [4.78, 5) is 12.1. The van der Waals surface area contributed by atoms with Crippen LogP contribution < -0.4 is 9.74 Å². The molecule has 0 unspecified atom stereocenters. The summed E-state index contributed by atoms with van der Waals surface area (Å²) in [7, 11) is -2.03. The predicted molar refractivity (Wildman–Crippen MR) is 106 cm³/mol. The average Bonchev–Trinajstić information content (AvgIpc) is 2.81. The minimum absolute atomic E-state index is 0.125. The Morgan fingerprint density at radius 2 is 1.96 bits per heavy atom. The molecule has 0 saturated heterocycles. The highest BCUT2D eigenvalue weighted by Crippen LogP contribution is 2.47. The Hall–Kier alpha value is -1.44. The number of hydrogen-bond acceptors (Lipinski definition) is 4. The minimum atomic E-state index is -2.03. The van der Waals surface area contributed by atoms with E-state index in [4.69, 9.17) is 20.4 Å². The Balaban J connectivity index is 2.40. The van der Waals surface area contributed by atoms with Crippen LogP contribution in [0.15, 0.2) is 28.7 Å². The van der Waals surface area contributed by atoms with Gasteiger partial charge in [0.05, 0.1) is 0 Å². The molecule has 0 atom stereocenters. The van der Waals surface area contributed by atoms with E-state index in [1.54, 1.807) is 24.3 Å². The van der Waals surface area contributed by atoms with Gasteiger partial charge >= 0.3 is 0 Å². The molecule has 0 bridgehead atoms. The molecule has 0 aliphatic rings. The van der Waals surface area contributed by atoms with Gasteiger partial charge in [0.2, 0.25) is 31.6 Å². The topological polar surface area (TPSA) is 71.7 Å². The number of anilines is 1. The first kappa shape index (κ1) is 19.9. The van der Waals surface area contributed by atoms with Gasteiger partial charge < -0.3 is 13.9 Å². The Labute approximate surface area is 161 Å². The smallest absolute Gasteiger partial charge is 0.245 e. The summed E-state index contributed by atoms with van der Waals surface area (Å²) >= 11 is 9.20. The quantitative estimate of drug-likeness (QED) is 0.427. The summed E-state index contributed by atoms with van der Waals surface area (Å²) in [5.74, 6) is 0.221. The van der Waals surface area contributed by atoms with Crippen molar-refractivity contribution in [2.75, 3.05) is 10.6 Å². The Kier molecular flexibility index (Phi) is 6.59. The lowest BCUT2D eigenvalue weighted by Crippen LogP contribution is -2.29. The van der Waals surface area contributed by atoms with E-state index in [0.29, 0.717) is 23.4 Å². The van der Waals surface area contributed by atoms with Crippen molar-refractivity contribution in [1.29, 1.82) is 0 Å². The molecule has 2 rings (SSSR count). The van der Waals surface area contributed by atoms with Crippen LogP contribution in [0.25, 0.3) is 11.3 Å². The van der Waals surface area contributed by atoms with Gasteiger partial charge in [-0.3, -0.25) is 10.1 Å². The highest BCUT2D eigenvalue weighted by Gasteiger charge is 2.28. The first-order valence-electron chi connectivity index (χ1n) is 7.88. The van der Waals surface area contributed by atoms with Crippen LogP contribution in [-0.4, -0.2) is 24.7 Å². The molecule has 2 N–H and O–H groups in total. The van der Waals surface area contributed by atoms with Gasteiger partial charge in [-0.15, -0.1) is 0 Å². The van der Waals surface area contributed by atoms with E-state index < -0.39 is 8.32 Å². The number of amides is 1. The molecule has 0 spiro atoms. The fourth-order valence-corrected chi connectivity index (χ4v) is 3.31. The van der Waals surface area contributed by atoms with Crippen molar-refractivity contribution in [2.24, 2.45) is 0 Å². The molecular formula is C17H21BrClNO4Si. The molecule has 0 radical (unpaired) electrons. The number of carbonyl (C=O) groups is 1. The van der Waals surface area contributed by atoms with Crippen LogP contribution in [0.5, 0.6) is 11.5 Å². The Morgan fingerprint density at radius 3 is 2.52 bits per heavy atom. The minimum Gasteiger partial charge on any atom is -0.538 e. The third kappa shape index (κ3) is 5.52. The number of aromatic hydroxyl groups is 1. The number of benzene rings is 1. The predicted octanol–water partition coefficient (Wildman–Crippen LogP) is 5.63. The summed E-state index contributed by atoms with van der Waals surface area (Å²) in [6.07, 6.45) is 1.04. The fraction of sp³-hybridized carbons (Fsp3) is 0.353. The summed E-state index contributed by atoms with van der Waals surface area (Å²) in [5, 5.41) is 14.6. The molecule has 0 saturated carbocycles. The first-order chi connectivity index (χ1) is 11.7. The largest absolute Gasteiger partial charge is 0.538 e. The molecule has 2 aromatic rings. The van der Waals surface area contributed by atoms with Crippen molar-refractivity contribution in [3.63, 3.8) is 0 Å². The molecule has 0 fully saturated rings. The number of alkyl halides is 1. The maximum absolute atomic E-state index is 12.1. The van der Waals surface area contributed by atoms with Gasteiger partial charge in [0.1, 0.15) is 0 Å². The van der Waals surface area contributed by atoms with E-state index in [0.717, 1.165) is 5.33 Å². The maximum Gasteiger partial charge on any atom is 0.245 e. The lowest BCUT2D eigenvalue weighted by Gasteiger charge is -2.18. The highest BCUT2D eigenvalue weighted by atomic mass is 79.9. The lowest BCUT2D eigenvalue weighted by atomic mass is 10.1. The van der Waals surface area contributed by atoms with Crippen LogP contribution in [0.4, 0.5) is 5.88 Å². The van der Waals surface area contributed by atoms with E-state index in [2.05, 4.69) is 21.2 Å². The van der Waals surface area contributed by atoms with Crippen molar-refractivity contribution >= 4 is 47.6 Å². The first-order valence-corrected chi connectivity index (χ1v) is 12.8. The molecular weight excluding hydrogens is 426 g/mol. The van der Waals surface area contributed by atoms with Crippen LogP contribution in [0.2, 0.25) is 24.7 Å². The molecule has 136 valence electrons. The van der Waals surface area contributed by atoms with Gasteiger partial charge in [-0.05, 0) is 50.3 Å². The SMILES string of the molecule is C[Si](C)(C)Oc1c(NC(=O)CCCBr)oc(-c2ccc(Cl)cc2)c1O. The summed E-state index contributed by atoms with van der Waals surface area (Å²) < 4.78 is 11.7. The average molecular weight is 447 g/mol. The third-order valence-corrected chi connectivity index (χ3v) is 4.77. The Morgan fingerprint density at radius 1 is 1.32 bits per heavy atom. The number of halogens is 2. The van der Waals surface area contributed by atoms with Crippen LogP contribution in [0, 0.1) is 0 Å². The van der Waals surface area contributed by atoms with Crippen molar-refractivity contribution < 1.29 is 18.7 Å². The monoisotopic (exact) mass is 445 g/mol. The van der Waals surface area contributed by atoms with Gasteiger partial charge in [-0.25, -0.2) is 0 Å². The van der Waals surface area contributed by atoms with E-state index in [1.165, 1.54) is 0 Å². The second-order valence-corrected chi connectivity index (χ2v) is 12.2. The van der Waals surface area contributed by atoms with Gasteiger partial charge in [-0.1, -0.05) is 27.5 Å². The van der Waals surface area contributed by atoms with Gasteiger partial charge in [0, 0.05) is 22.3 Å². The molecule has 1 amide bonds. The summed E-state index contributed by atoms with van der Waals surface area (Å²) in [6, 6.07) is 6.86. The number of rotatable bonds is 7. The lowest BCUT2D eigenvalue weighted by molar-refractivity contribution is -0.116. The zero-order valence-corrected chi connectivity index (χ0v) is 17.7. The molecule has 0 aliphatic carbocycles. The number of furan rings is 1. The van der Waals surface area contributed by atoms with Crippen LogP contribution in [0.3, 0.4) is 0 Å². The molecule has 1 aromatic carbocycles. The standard InChI is InChI=1S/C17H21BrClNO4Si/c1-25(2,3)24-16-14(22)15(11-6-8-12(19)9-7-11)23-17(16)20-13(21)5-4-10-18/h6-9,22H,4-5,10H2,1-3H3,(H,20,21). The van der Waals surface area contributed by atoms with E-state index in [9.17, 15) is 9.90 Å².